The Morgan fingerprint density at radius 3 is 2.28 bits per heavy atom. The molecule has 16 atom stereocenters. The summed E-state index contributed by atoms with van der Waals surface area (Å²) in [6.45, 7) is 12.4. The van der Waals surface area contributed by atoms with Crippen molar-refractivity contribution in [1.82, 2.24) is 9.88 Å². The molecule has 1 aromatic heterocycles. The van der Waals surface area contributed by atoms with Crippen molar-refractivity contribution in [3.8, 4) is 0 Å². The summed E-state index contributed by atoms with van der Waals surface area (Å²) >= 11 is 1.71. The molecule has 3 fully saturated rings. The lowest BCUT2D eigenvalue weighted by molar-refractivity contribution is -0.247. The molecule has 2 aliphatic heterocycles. The van der Waals surface area contributed by atoms with Gasteiger partial charge in [0.25, 0.3) is 0 Å². The number of aryl methyl sites for hydroxylation is 1. The van der Waals surface area contributed by atoms with Crippen molar-refractivity contribution in [2.75, 3.05) is 42.5 Å². The van der Waals surface area contributed by atoms with Crippen molar-refractivity contribution in [1.29, 1.82) is 0 Å². The minimum atomic E-state index is -0.702. The number of hydrogen-bond donors (Lipinski definition) is 0. The Kier molecular flexibility index (Phi) is 15.7. The Morgan fingerprint density at radius 2 is 1.66 bits per heavy atom. The predicted octanol–water partition coefficient (Wildman–Crippen LogP) is 7.21. The molecule has 0 aromatic carbocycles. The topological polar surface area (TPSA) is 124 Å². The molecular formula is C45H72N2O10S. The molecule has 0 amide bonds. The molecule has 3 aliphatic carbocycles. The van der Waals surface area contributed by atoms with Crippen LogP contribution in [0.2, 0.25) is 0 Å². The van der Waals surface area contributed by atoms with E-state index in [4.69, 9.17) is 42.9 Å². The van der Waals surface area contributed by atoms with Gasteiger partial charge in [0.15, 0.2) is 18.4 Å². The quantitative estimate of drug-likeness (QED) is 0.139. The lowest BCUT2D eigenvalue weighted by Crippen LogP contribution is -2.51. The summed E-state index contributed by atoms with van der Waals surface area (Å²) in [6, 6.07) is 0.324. The van der Waals surface area contributed by atoms with E-state index in [1.165, 1.54) is 4.88 Å². The molecule has 6 unspecified atom stereocenters. The van der Waals surface area contributed by atoms with E-state index in [9.17, 15) is 4.79 Å². The van der Waals surface area contributed by atoms with Gasteiger partial charge in [-0.25, -0.2) is 4.98 Å². The van der Waals surface area contributed by atoms with Gasteiger partial charge in [0, 0.05) is 63.0 Å². The highest BCUT2D eigenvalue weighted by Crippen LogP contribution is 2.62. The van der Waals surface area contributed by atoms with E-state index in [1.54, 1.807) is 39.8 Å². The van der Waals surface area contributed by atoms with Crippen LogP contribution in [0.3, 0.4) is 0 Å². The lowest BCUT2D eigenvalue weighted by Gasteiger charge is -2.40. The maximum Gasteiger partial charge on any atom is 0.306 e. The van der Waals surface area contributed by atoms with Crippen LogP contribution >= 0.6 is 11.3 Å². The van der Waals surface area contributed by atoms with Crippen LogP contribution < -0.4 is 0 Å². The van der Waals surface area contributed by atoms with Crippen molar-refractivity contribution < 1.29 is 47.5 Å². The van der Waals surface area contributed by atoms with Gasteiger partial charge in [-0.05, 0) is 103 Å². The van der Waals surface area contributed by atoms with E-state index >= 15 is 4.79 Å². The van der Waals surface area contributed by atoms with Gasteiger partial charge in [-0.1, -0.05) is 33.8 Å². The van der Waals surface area contributed by atoms with Crippen LogP contribution in [0.4, 0.5) is 0 Å². The highest BCUT2D eigenvalue weighted by Gasteiger charge is 2.56. The van der Waals surface area contributed by atoms with Crippen LogP contribution in [0.25, 0.3) is 0 Å². The van der Waals surface area contributed by atoms with Crippen molar-refractivity contribution in [2.45, 2.75) is 173 Å². The smallest absolute Gasteiger partial charge is 0.306 e. The van der Waals surface area contributed by atoms with Crippen LogP contribution in [0, 0.1) is 36.5 Å². The first kappa shape index (κ1) is 45.7. The third-order valence-corrected chi connectivity index (χ3v) is 15.2. The van der Waals surface area contributed by atoms with Gasteiger partial charge in [0.05, 0.1) is 41.5 Å². The van der Waals surface area contributed by atoms with Gasteiger partial charge < -0.3 is 42.8 Å². The van der Waals surface area contributed by atoms with Gasteiger partial charge in [-0.2, -0.15) is 0 Å². The number of fused-ring (bicyclic) bond motifs is 8. The molecule has 13 heteroatoms. The summed E-state index contributed by atoms with van der Waals surface area (Å²) in [6.07, 6.45) is 5.73. The second kappa shape index (κ2) is 19.9. The fraction of sp³-hybridized carbons (Fsp3) is 0.844. The number of carbonyl (C=O) groups is 2. The number of rotatable bonds is 14. The molecule has 0 spiro atoms. The highest BCUT2D eigenvalue weighted by molar-refractivity contribution is 7.11. The first-order valence-corrected chi connectivity index (χ1v) is 22.7. The summed E-state index contributed by atoms with van der Waals surface area (Å²) < 4.78 is 50.1. The van der Waals surface area contributed by atoms with E-state index in [1.807, 2.05) is 6.92 Å². The molecule has 328 valence electrons. The Morgan fingerprint density at radius 1 is 0.931 bits per heavy atom. The first-order chi connectivity index (χ1) is 27.7. The summed E-state index contributed by atoms with van der Waals surface area (Å²) in [5.41, 5.74) is 1.83. The fourth-order valence-electron chi connectivity index (χ4n) is 11.2. The van der Waals surface area contributed by atoms with Crippen molar-refractivity contribution in [3.05, 3.63) is 27.2 Å². The molecule has 3 heterocycles. The molecule has 1 saturated carbocycles. The zero-order valence-corrected chi connectivity index (χ0v) is 38.0. The van der Waals surface area contributed by atoms with Crippen LogP contribution in [0.5, 0.6) is 0 Å². The Bertz CT molecular complexity index is 1570. The van der Waals surface area contributed by atoms with E-state index in [0.717, 1.165) is 61.2 Å². The number of ether oxygens (including phenoxy) is 8. The number of esters is 1. The average Bonchev–Trinajstić information content (AvgIpc) is 3.89. The monoisotopic (exact) mass is 832 g/mol. The molecule has 5 aliphatic rings. The van der Waals surface area contributed by atoms with Gasteiger partial charge in [-0.3, -0.25) is 9.59 Å². The van der Waals surface area contributed by atoms with E-state index in [0.29, 0.717) is 12.5 Å². The number of hydrogen-bond acceptors (Lipinski definition) is 13. The van der Waals surface area contributed by atoms with Gasteiger partial charge >= 0.3 is 5.97 Å². The number of allylic oxidation sites excluding steroid dienone is 2. The zero-order valence-electron chi connectivity index (χ0n) is 37.1. The largest absolute Gasteiger partial charge is 0.462 e. The first-order valence-electron chi connectivity index (χ1n) is 21.9. The van der Waals surface area contributed by atoms with Crippen LogP contribution in [0.1, 0.15) is 120 Å². The maximum absolute atomic E-state index is 15.0. The number of cyclic esters (lactones) is 1. The van der Waals surface area contributed by atoms with Gasteiger partial charge in [0.2, 0.25) is 0 Å². The number of likely N-dealkylation sites (N-methyl/N-ethyl adjacent to an activating group) is 1. The molecule has 58 heavy (non-hydrogen) atoms. The fourth-order valence-corrected chi connectivity index (χ4v) is 12.4. The van der Waals surface area contributed by atoms with Gasteiger partial charge in [-0.15, -0.1) is 11.3 Å². The van der Waals surface area contributed by atoms with E-state index < -0.39 is 24.4 Å². The Labute approximate surface area is 351 Å². The van der Waals surface area contributed by atoms with Crippen molar-refractivity contribution in [2.24, 2.45) is 29.6 Å². The number of aromatic nitrogens is 1. The highest BCUT2D eigenvalue weighted by atomic mass is 32.1. The second-order valence-electron chi connectivity index (χ2n) is 18.1. The summed E-state index contributed by atoms with van der Waals surface area (Å²) in [4.78, 5) is 37.4. The Hall–Kier alpha value is -1.81. The number of thiazole rings is 1. The van der Waals surface area contributed by atoms with E-state index in [2.05, 4.69) is 59.7 Å². The number of Topliss-reactive ketones (excluding diaryl/α,β-unsaturated/α-hetero) is 1. The van der Waals surface area contributed by atoms with Crippen molar-refractivity contribution >= 4 is 23.1 Å². The molecule has 12 nitrogen and oxygen atoms in total. The molecule has 0 radical (unpaired) electrons. The predicted molar refractivity (Wildman–Crippen MR) is 222 cm³/mol. The van der Waals surface area contributed by atoms with Crippen LogP contribution in [-0.4, -0.2) is 126 Å². The maximum atomic E-state index is 15.0. The number of methoxy groups -OCH3 is 4. The molecule has 1 aromatic rings. The van der Waals surface area contributed by atoms with E-state index in [-0.39, 0.29) is 90.5 Å². The summed E-state index contributed by atoms with van der Waals surface area (Å²) in [5, 5.41) is 0.992. The summed E-state index contributed by atoms with van der Waals surface area (Å²) in [7, 11) is 10.8. The number of nitrogens with zero attached hydrogens (tertiary/aromatic N) is 2. The summed E-state index contributed by atoms with van der Waals surface area (Å²) in [5.74, 6) is -0.420. The number of ketones is 1. The average molecular weight is 833 g/mol. The van der Waals surface area contributed by atoms with Crippen molar-refractivity contribution in [3.63, 3.8) is 0 Å². The molecular weight excluding hydrogens is 761 g/mol. The van der Waals surface area contributed by atoms with Crippen LogP contribution in [0.15, 0.2) is 11.6 Å². The zero-order chi connectivity index (χ0) is 42.0. The molecule has 2 saturated heterocycles. The van der Waals surface area contributed by atoms with Crippen LogP contribution in [-0.2, 0) is 47.5 Å². The van der Waals surface area contributed by atoms with Gasteiger partial charge in [0.1, 0.15) is 18.3 Å². The second-order valence-corrected chi connectivity index (χ2v) is 19.4. The molecule has 6 rings (SSSR count). The minimum absolute atomic E-state index is 0.0208. The third-order valence-electron chi connectivity index (χ3n) is 14.1. The molecule has 0 N–H and O–H groups in total. The third kappa shape index (κ3) is 9.48. The normalized spacial score (nSPS) is 36.5. The lowest BCUT2D eigenvalue weighted by atomic mass is 9.67. The number of carbonyl (C=O) groups excluding carboxylic acids is 2. The minimum Gasteiger partial charge on any atom is -0.462 e. The Balaban J connectivity index is 1.30. The standard InChI is InChI=1S/C45H72N2O10S/c1-13-27-15-14-16-35(57-37-18-17-34(47(7)8)25(5)54-37)24(4)40(49)33-21-30-29-19-28(56-45(53-12)43(52-11)42(51-10)41(50-9)23(2)3)20-32(29)39-44(58-26(6)46-39)38(30)31(33)22-36(48)55-27/h21,23-25,27-32,34-35,37-38,41-43,45H,13-20,22H2,1-12H3/t24-,25?,27+,28+,29+,30+,31-,32-,34+,35+,37+,38?,41?,42?,43?,45?/m1/s1. The SMILES string of the molecule is CC[C@H]1CCC[C@H](O[C@H]2CC[C@H](N(C)C)C(C)O2)[C@@H](C)C(=O)C2=C[C@@H]3C(c4sc(C)nc4[C@@H]4C[C@@H](OC(OC)C(OC)C(OC)C(OC)C(C)C)C[C@@H]34)[C@@H]2CC(=O)O1. The molecule has 0 bridgehead atoms.